The molecule has 0 saturated carbocycles. The summed E-state index contributed by atoms with van der Waals surface area (Å²) in [5.74, 6) is 0. The first kappa shape index (κ1) is 26.4. The predicted molar refractivity (Wildman–Crippen MR) is 129 cm³/mol. The Bertz CT molecular complexity index is 245. The first-order chi connectivity index (χ1) is 12.7. The average Bonchev–Trinajstić information content (AvgIpc) is 2.65. The van der Waals surface area contributed by atoms with Crippen molar-refractivity contribution in [2.24, 2.45) is 0 Å². The van der Waals surface area contributed by atoms with Crippen LogP contribution in [-0.4, -0.2) is 24.6 Å². The molecule has 0 aromatic rings. The van der Waals surface area contributed by atoms with Crippen LogP contribution >= 0.6 is 7.26 Å². The van der Waals surface area contributed by atoms with Crippen LogP contribution in [0.4, 0.5) is 0 Å². The fraction of sp³-hybridized carbons (Fsp3) is 1.00. The van der Waals surface area contributed by atoms with E-state index in [1.807, 2.05) is 0 Å². The van der Waals surface area contributed by atoms with Crippen molar-refractivity contribution < 1.29 is 0 Å². The molecule has 0 saturated heterocycles. The van der Waals surface area contributed by atoms with Crippen molar-refractivity contribution >= 4 is 7.26 Å². The second kappa shape index (κ2) is 20.2. The Hall–Kier alpha value is 0.430. The molecule has 0 amide bonds. The molecule has 0 bridgehead atoms. The second-order valence-electron chi connectivity index (χ2n) is 9.10. The SMILES string of the molecule is CCCCCCCC[PH](CCC)(CCCCCC)CCCCCCCC. The van der Waals surface area contributed by atoms with Crippen LogP contribution in [0.5, 0.6) is 0 Å². The van der Waals surface area contributed by atoms with E-state index in [-0.39, 0.29) is 0 Å². The summed E-state index contributed by atoms with van der Waals surface area (Å²) in [5, 5.41) is 0. The summed E-state index contributed by atoms with van der Waals surface area (Å²) in [7, 11) is -0.983. The Kier molecular flexibility index (Phi) is 20.5. The molecule has 0 nitrogen and oxygen atoms in total. The molecule has 0 aromatic heterocycles. The second-order valence-corrected chi connectivity index (χ2v) is 14.1. The third-order valence-corrected chi connectivity index (χ3v) is 12.3. The van der Waals surface area contributed by atoms with Crippen molar-refractivity contribution in [3.8, 4) is 0 Å². The van der Waals surface area contributed by atoms with E-state index in [0.29, 0.717) is 0 Å². The van der Waals surface area contributed by atoms with Gasteiger partial charge in [0, 0.05) is 0 Å². The molecule has 0 atom stereocenters. The van der Waals surface area contributed by atoms with Gasteiger partial charge in [0.25, 0.3) is 0 Å². The normalized spacial score (nSPS) is 12.6. The van der Waals surface area contributed by atoms with Crippen LogP contribution in [0.15, 0.2) is 0 Å². The van der Waals surface area contributed by atoms with Crippen molar-refractivity contribution in [3.63, 3.8) is 0 Å². The summed E-state index contributed by atoms with van der Waals surface area (Å²) in [4.78, 5) is 0. The van der Waals surface area contributed by atoms with E-state index in [1.54, 1.807) is 43.9 Å². The van der Waals surface area contributed by atoms with E-state index < -0.39 is 7.26 Å². The van der Waals surface area contributed by atoms with Crippen LogP contribution in [0, 0.1) is 0 Å². The summed E-state index contributed by atoms with van der Waals surface area (Å²) in [6.45, 7) is 9.46. The van der Waals surface area contributed by atoms with Gasteiger partial charge < -0.3 is 0 Å². The molecular weight excluding hydrogens is 331 g/mol. The topological polar surface area (TPSA) is 0 Å². The van der Waals surface area contributed by atoms with Crippen LogP contribution in [-0.2, 0) is 0 Å². The molecule has 0 radical (unpaired) electrons. The van der Waals surface area contributed by atoms with Crippen molar-refractivity contribution in [1.29, 1.82) is 0 Å². The molecule has 0 fully saturated rings. The molecule has 0 rings (SSSR count). The number of hydrogen-bond donors (Lipinski definition) is 0. The van der Waals surface area contributed by atoms with E-state index >= 15 is 0 Å². The Morgan fingerprint density at radius 3 is 0.962 bits per heavy atom. The van der Waals surface area contributed by atoms with Gasteiger partial charge in [-0.05, 0) is 0 Å². The van der Waals surface area contributed by atoms with Crippen LogP contribution in [0.2, 0.25) is 0 Å². The molecule has 0 aliphatic carbocycles. The fourth-order valence-corrected chi connectivity index (χ4v) is 10.3. The van der Waals surface area contributed by atoms with Gasteiger partial charge in [-0.1, -0.05) is 0 Å². The third-order valence-electron chi connectivity index (χ3n) is 6.46. The molecule has 0 aliphatic heterocycles. The predicted octanol–water partition coefficient (Wildman–Crippen LogP) is 9.45. The third kappa shape index (κ3) is 15.5. The van der Waals surface area contributed by atoms with Crippen molar-refractivity contribution in [2.45, 2.75) is 137 Å². The first-order valence-electron chi connectivity index (χ1n) is 12.7. The Balaban J connectivity index is 4.36. The summed E-state index contributed by atoms with van der Waals surface area (Å²) in [6.07, 6.45) is 31.7. The van der Waals surface area contributed by atoms with Gasteiger partial charge >= 0.3 is 169 Å². The molecule has 0 aromatic carbocycles. The minimum absolute atomic E-state index is 0.983. The van der Waals surface area contributed by atoms with E-state index in [0.717, 1.165) is 0 Å². The minimum atomic E-state index is -0.983. The van der Waals surface area contributed by atoms with Crippen LogP contribution < -0.4 is 0 Å². The zero-order chi connectivity index (χ0) is 19.3. The molecule has 160 valence electrons. The molecule has 1 heteroatoms. The summed E-state index contributed by atoms with van der Waals surface area (Å²) in [5.41, 5.74) is 0. The van der Waals surface area contributed by atoms with Crippen LogP contribution in [0.3, 0.4) is 0 Å². The van der Waals surface area contributed by atoms with Crippen molar-refractivity contribution in [2.75, 3.05) is 24.6 Å². The van der Waals surface area contributed by atoms with Crippen LogP contribution in [0.1, 0.15) is 137 Å². The van der Waals surface area contributed by atoms with Crippen molar-refractivity contribution in [3.05, 3.63) is 0 Å². The van der Waals surface area contributed by atoms with Gasteiger partial charge in [0.2, 0.25) is 0 Å². The van der Waals surface area contributed by atoms with E-state index in [1.165, 1.54) is 89.9 Å². The van der Waals surface area contributed by atoms with E-state index in [9.17, 15) is 0 Å². The number of unbranched alkanes of at least 4 members (excludes halogenated alkanes) is 13. The first-order valence-corrected chi connectivity index (χ1v) is 15.6. The number of rotatable bonds is 21. The van der Waals surface area contributed by atoms with E-state index in [4.69, 9.17) is 0 Å². The van der Waals surface area contributed by atoms with Gasteiger partial charge in [-0.2, -0.15) is 0 Å². The standard InChI is InChI=1S/C25H55P/c1-5-9-12-15-17-20-24-26(22-8-4,23-19-14-11-7-3)25-21-18-16-13-10-6-2/h26H,5-25H2,1-4H3. The average molecular weight is 387 g/mol. The zero-order valence-electron chi connectivity index (χ0n) is 19.3. The quantitative estimate of drug-likeness (QED) is 0.136. The molecule has 26 heavy (non-hydrogen) atoms. The van der Waals surface area contributed by atoms with Crippen molar-refractivity contribution in [1.82, 2.24) is 0 Å². The fourth-order valence-electron chi connectivity index (χ4n) is 4.77. The van der Waals surface area contributed by atoms with E-state index in [2.05, 4.69) is 27.7 Å². The summed E-state index contributed by atoms with van der Waals surface area (Å²) in [6, 6.07) is 0. The molecule has 0 heterocycles. The number of hydrogen-bond acceptors (Lipinski definition) is 0. The Morgan fingerprint density at radius 2 is 0.615 bits per heavy atom. The molecule has 0 aliphatic rings. The van der Waals surface area contributed by atoms with Gasteiger partial charge in [0.1, 0.15) is 0 Å². The molecular formula is C25H55P. The Morgan fingerprint density at radius 1 is 0.308 bits per heavy atom. The monoisotopic (exact) mass is 386 g/mol. The van der Waals surface area contributed by atoms with Gasteiger partial charge in [-0.15, -0.1) is 0 Å². The maximum atomic E-state index is 2.45. The maximum absolute atomic E-state index is 2.45. The summed E-state index contributed by atoms with van der Waals surface area (Å²) < 4.78 is 0. The molecule has 0 unspecified atom stereocenters. The van der Waals surface area contributed by atoms with Gasteiger partial charge in [-0.25, -0.2) is 0 Å². The molecule has 0 spiro atoms. The van der Waals surface area contributed by atoms with Gasteiger partial charge in [0.15, 0.2) is 0 Å². The summed E-state index contributed by atoms with van der Waals surface area (Å²) >= 11 is 0. The Labute approximate surface area is 169 Å². The zero-order valence-corrected chi connectivity index (χ0v) is 20.3. The van der Waals surface area contributed by atoms with Gasteiger partial charge in [0.05, 0.1) is 0 Å². The van der Waals surface area contributed by atoms with Gasteiger partial charge in [-0.3, -0.25) is 0 Å². The van der Waals surface area contributed by atoms with Crippen LogP contribution in [0.25, 0.3) is 0 Å². The molecule has 0 N–H and O–H groups in total.